The first-order valence-corrected chi connectivity index (χ1v) is 9.88. The van der Waals surface area contributed by atoms with E-state index >= 15 is 0 Å². The Labute approximate surface area is 181 Å². The van der Waals surface area contributed by atoms with Gasteiger partial charge in [-0.1, -0.05) is 17.8 Å². The van der Waals surface area contributed by atoms with E-state index in [9.17, 15) is 4.39 Å². The van der Waals surface area contributed by atoms with Gasteiger partial charge in [0.1, 0.15) is 12.3 Å². The zero-order valence-electron chi connectivity index (χ0n) is 17.2. The molecule has 0 radical (unpaired) electrons. The minimum absolute atomic E-state index is 0.108. The van der Waals surface area contributed by atoms with Crippen LogP contribution in [0.15, 0.2) is 65.3 Å². The van der Waals surface area contributed by atoms with Crippen molar-refractivity contribution < 1.29 is 8.81 Å². The topological polar surface area (TPSA) is 103 Å². The highest BCUT2D eigenvalue weighted by Crippen LogP contribution is 2.31. The summed E-state index contributed by atoms with van der Waals surface area (Å²) in [6.07, 6.45) is 12.4. The average Bonchev–Trinajstić information content (AvgIpc) is 3.54. The van der Waals surface area contributed by atoms with Gasteiger partial charge in [-0.2, -0.15) is 10.1 Å². The molecular weight excluding hydrogens is 411 g/mol. The number of nitrogens with zero attached hydrogens (tertiary/aromatic N) is 7. The van der Waals surface area contributed by atoms with Crippen molar-refractivity contribution in [2.45, 2.75) is 6.54 Å². The van der Waals surface area contributed by atoms with Gasteiger partial charge in [-0.05, 0) is 12.1 Å². The molecule has 0 fully saturated rings. The van der Waals surface area contributed by atoms with Gasteiger partial charge in [0.05, 0.1) is 23.7 Å². The Bertz CT molecular complexity index is 1490. The number of aryl methyl sites for hydroxylation is 2. The average molecular weight is 430 g/mol. The molecule has 1 N–H and O–H groups in total. The van der Waals surface area contributed by atoms with E-state index < -0.39 is 6.67 Å². The molecule has 0 saturated heterocycles. The second-order valence-corrected chi connectivity index (χ2v) is 7.14. The highest BCUT2D eigenvalue weighted by molar-refractivity contribution is 5.93. The Morgan fingerprint density at radius 3 is 2.94 bits per heavy atom. The summed E-state index contributed by atoms with van der Waals surface area (Å²) in [4.78, 5) is 12.1. The fraction of sp³-hybridized carbons (Fsp3) is 0.136. The van der Waals surface area contributed by atoms with Crippen LogP contribution in [-0.4, -0.2) is 41.2 Å². The van der Waals surface area contributed by atoms with E-state index in [0.717, 1.165) is 27.6 Å². The van der Waals surface area contributed by atoms with Crippen molar-refractivity contribution in [3.8, 4) is 22.6 Å². The Hall–Kier alpha value is -4.34. The number of rotatable bonds is 6. The molecule has 0 atom stereocenters. The normalized spacial score (nSPS) is 12.0. The Balaban J connectivity index is 1.52. The van der Waals surface area contributed by atoms with Crippen LogP contribution in [0.5, 0.6) is 0 Å². The Kier molecular flexibility index (Phi) is 4.94. The summed E-state index contributed by atoms with van der Waals surface area (Å²) >= 11 is 0. The largest absolute Gasteiger partial charge is 0.402 e. The number of fused-ring (bicyclic) bond motifs is 1. The molecule has 5 heterocycles. The van der Waals surface area contributed by atoms with Crippen molar-refractivity contribution >= 4 is 23.1 Å². The van der Waals surface area contributed by atoms with Crippen molar-refractivity contribution in [3.05, 3.63) is 66.8 Å². The molecular formula is C22H19FN8O. The number of alkyl halides is 1. The maximum Gasteiger partial charge on any atom is 0.343 e. The molecule has 0 aliphatic heterocycles. The maximum atomic E-state index is 12.6. The zero-order valence-corrected chi connectivity index (χ0v) is 17.2. The van der Waals surface area contributed by atoms with E-state index in [4.69, 9.17) is 4.42 Å². The van der Waals surface area contributed by atoms with Gasteiger partial charge in [-0.15, -0.1) is 5.10 Å². The van der Waals surface area contributed by atoms with Crippen LogP contribution in [0.25, 0.3) is 39.7 Å². The predicted molar refractivity (Wildman–Crippen MR) is 117 cm³/mol. The zero-order chi connectivity index (χ0) is 22.1. The number of pyridine rings is 2. The van der Waals surface area contributed by atoms with Gasteiger partial charge in [-0.25, -0.2) is 9.37 Å². The lowest BCUT2D eigenvalue weighted by atomic mass is 10.1. The first-order chi connectivity index (χ1) is 15.6. The molecule has 9 nitrogen and oxygen atoms in total. The molecule has 0 aromatic carbocycles. The number of hydrogen-bond donors (Lipinski definition) is 1. The van der Waals surface area contributed by atoms with Gasteiger partial charge in [0.25, 0.3) is 5.89 Å². The van der Waals surface area contributed by atoms with Crippen molar-refractivity contribution in [2.24, 2.45) is 12.0 Å². The summed E-state index contributed by atoms with van der Waals surface area (Å²) in [6, 6.07) is 3.87. The number of aromatic nitrogens is 7. The van der Waals surface area contributed by atoms with Gasteiger partial charge in [-0.3, -0.25) is 4.68 Å². The van der Waals surface area contributed by atoms with E-state index in [2.05, 4.69) is 36.8 Å². The second-order valence-electron chi connectivity index (χ2n) is 7.14. The number of H-pyrrole nitrogens is 1. The summed E-state index contributed by atoms with van der Waals surface area (Å²) in [6.45, 7) is 3.61. The molecule has 0 aliphatic rings. The molecule has 32 heavy (non-hydrogen) atoms. The molecule has 0 spiro atoms. The summed E-state index contributed by atoms with van der Waals surface area (Å²) in [5, 5.41) is 13.9. The first kappa shape index (κ1) is 19.6. The van der Waals surface area contributed by atoms with Crippen LogP contribution in [-0.2, 0) is 13.6 Å². The molecule has 10 heteroatoms. The molecule has 0 saturated carbocycles. The summed E-state index contributed by atoms with van der Waals surface area (Å²) in [7, 11) is 1.87. The number of hydrogen-bond acceptors (Lipinski definition) is 6. The minimum Gasteiger partial charge on any atom is -0.402 e. The van der Waals surface area contributed by atoms with Crippen LogP contribution < -0.4 is 5.36 Å². The SMILES string of the molecule is C=Cc1cn(CCF)ccc1=Nc1nnc(-c2c[nH]c3ncc(-c4cnn(C)c4)cc23)o1. The van der Waals surface area contributed by atoms with Gasteiger partial charge < -0.3 is 14.0 Å². The van der Waals surface area contributed by atoms with Gasteiger partial charge in [0.2, 0.25) is 0 Å². The summed E-state index contributed by atoms with van der Waals surface area (Å²) < 4.78 is 21.9. The highest BCUT2D eigenvalue weighted by atomic mass is 19.1. The molecule has 160 valence electrons. The molecule has 0 aliphatic carbocycles. The van der Waals surface area contributed by atoms with E-state index in [1.165, 1.54) is 0 Å². The smallest absolute Gasteiger partial charge is 0.343 e. The lowest BCUT2D eigenvalue weighted by Gasteiger charge is -2.04. The minimum atomic E-state index is -0.452. The van der Waals surface area contributed by atoms with E-state index in [1.54, 1.807) is 52.4 Å². The van der Waals surface area contributed by atoms with E-state index in [-0.39, 0.29) is 12.6 Å². The van der Waals surface area contributed by atoms with Crippen molar-refractivity contribution in [2.75, 3.05) is 6.67 Å². The summed E-state index contributed by atoms with van der Waals surface area (Å²) in [5.41, 5.74) is 4.06. The van der Waals surface area contributed by atoms with Crippen molar-refractivity contribution in [3.63, 3.8) is 0 Å². The predicted octanol–water partition coefficient (Wildman–Crippen LogP) is 3.66. The van der Waals surface area contributed by atoms with Crippen LogP contribution in [0.1, 0.15) is 5.56 Å². The monoisotopic (exact) mass is 430 g/mol. The standard InChI is InChI=1S/C22H19FN8O/c1-3-14-13-31(7-5-23)6-4-19(14)27-22-29-28-21(32-22)18-11-25-20-17(18)8-15(9-24-20)16-10-26-30(2)12-16/h3-4,6,8-13H,1,5,7H2,2H3,(H,24,25). The summed E-state index contributed by atoms with van der Waals surface area (Å²) in [5.74, 6) is 0.323. The van der Waals surface area contributed by atoms with Gasteiger partial charge in [0, 0.05) is 60.1 Å². The quantitative estimate of drug-likeness (QED) is 0.443. The fourth-order valence-corrected chi connectivity index (χ4v) is 3.43. The van der Waals surface area contributed by atoms with Crippen LogP contribution in [0.4, 0.5) is 10.4 Å². The van der Waals surface area contributed by atoms with Crippen LogP contribution >= 0.6 is 0 Å². The molecule has 5 aromatic rings. The van der Waals surface area contributed by atoms with Crippen LogP contribution in [0, 0.1) is 0 Å². The fourth-order valence-electron chi connectivity index (χ4n) is 3.43. The third-order valence-corrected chi connectivity index (χ3v) is 5.02. The van der Waals surface area contributed by atoms with Crippen molar-refractivity contribution in [1.82, 2.24) is 34.5 Å². The molecule has 5 rings (SSSR count). The van der Waals surface area contributed by atoms with Crippen molar-refractivity contribution in [1.29, 1.82) is 0 Å². The number of nitrogens with one attached hydrogen (secondary N) is 1. The van der Waals surface area contributed by atoms with E-state index in [0.29, 0.717) is 16.9 Å². The molecule has 0 unspecified atom stereocenters. The molecule has 0 bridgehead atoms. The second kappa shape index (κ2) is 8.06. The van der Waals surface area contributed by atoms with E-state index in [1.807, 2.05) is 19.3 Å². The third kappa shape index (κ3) is 3.62. The maximum absolute atomic E-state index is 12.6. The third-order valence-electron chi connectivity index (χ3n) is 5.02. The van der Waals surface area contributed by atoms with Crippen LogP contribution in [0.3, 0.4) is 0 Å². The Morgan fingerprint density at radius 1 is 1.25 bits per heavy atom. The first-order valence-electron chi connectivity index (χ1n) is 9.88. The van der Waals surface area contributed by atoms with Crippen LogP contribution in [0.2, 0.25) is 0 Å². The Morgan fingerprint density at radius 2 is 2.16 bits per heavy atom. The lowest BCUT2D eigenvalue weighted by molar-refractivity contribution is 0.444. The molecule has 0 amide bonds. The van der Waals surface area contributed by atoms with Gasteiger partial charge in [0.15, 0.2) is 0 Å². The van der Waals surface area contributed by atoms with Gasteiger partial charge >= 0.3 is 6.01 Å². The lowest BCUT2D eigenvalue weighted by Crippen LogP contribution is -2.11. The highest BCUT2D eigenvalue weighted by Gasteiger charge is 2.15. The number of aromatic amines is 1. The molecule has 5 aromatic heterocycles. The number of halogens is 1.